The Morgan fingerprint density at radius 1 is 1.24 bits per heavy atom. The third-order valence-corrected chi connectivity index (χ3v) is 6.98. The summed E-state index contributed by atoms with van der Waals surface area (Å²) >= 11 is 0. The highest BCUT2D eigenvalue weighted by atomic mass is 31.2. The number of H-pyrrole nitrogens is 2. The Hall–Kier alpha value is -2.20. The van der Waals surface area contributed by atoms with Gasteiger partial charge in [-0.1, -0.05) is 6.92 Å². The van der Waals surface area contributed by atoms with Gasteiger partial charge < -0.3 is 28.5 Å². The minimum atomic E-state index is -3.49. The van der Waals surface area contributed by atoms with Gasteiger partial charge in [0, 0.05) is 17.7 Å². The van der Waals surface area contributed by atoms with Crippen LogP contribution in [-0.2, 0) is 23.1 Å². The first-order valence-electron chi connectivity index (χ1n) is 11.1. The molecule has 1 aliphatic rings. The number of carbonyl (C=O) groups is 1. The summed E-state index contributed by atoms with van der Waals surface area (Å²) in [5.41, 5.74) is 0.436. The first-order chi connectivity index (χ1) is 15.5. The third-order valence-electron chi connectivity index (χ3n) is 5.21. The van der Waals surface area contributed by atoms with Crippen molar-refractivity contribution in [1.82, 2.24) is 19.9 Å². The van der Waals surface area contributed by atoms with Gasteiger partial charge in [-0.25, -0.2) is 9.78 Å². The molecule has 1 fully saturated rings. The molecular formula is C21H33N4O7P. The van der Waals surface area contributed by atoms with Crippen LogP contribution in [-0.4, -0.2) is 57.3 Å². The number of ether oxygens (including phenoxy) is 2. The van der Waals surface area contributed by atoms with Crippen LogP contribution >= 0.6 is 7.60 Å². The fourth-order valence-electron chi connectivity index (χ4n) is 4.00. The van der Waals surface area contributed by atoms with Crippen molar-refractivity contribution >= 4 is 24.7 Å². The third kappa shape index (κ3) is 5.66. The first kappa shape index (κ1) is 25.4. The Kier molecular flexibility index (Phi) is 7.68. The molecule has 0 aliphatic carbocycles. The summed E-state index contributed by atoms with van der Waals surface area (Å²) in [4.78, 5) is 36.7. The van der Waals surface area contributed by atoms with E-state index in [9.17, 15) is 14.2 Å². The molecule has 0 spiro atoms. The van der Waals surface area contributed by atoms with Crippen LogP contribution in [0.15, 0.2) is 17.3 Å². The van der Waals surface area contributed by atoms with Crippen LogP contribution in [0.1, 0.15) is 59.6 Å². The monoisotopic (exact) mass is 484 g/mol. The van der Waals surface area contributed by atoms with Gasteiger partial charge in [0.15, 0.2) is 6.35 Å². The molecule has 0 aromatic carbocycles. The van der Waals surface area contributed by atoms with E-state index in [0.717, 1.165) is 0 Å². The summed E-state index contributed by atoms with van der Waals surface area (Å²) in [6.07, 6.45) is 1.90. The van der Waals surface area contributed by atoms with E-state index in [2.05, 4.69) is 15.0 Å². The lowest BCUT2D eigenvalue weighted by Crippen LogP contribution is -2.43. The highest BCUT2D eigenvalue weighted by Crippen LogP contribution is 2.50. The molecule has 0 saturated carbocycles. The van der Waals surface area contributed by atoms with E-state index in [1.165, 1.54) is 11.2 Å². The molecule has 0 radical (unpaired) electrons. The molecule has 33 heavy (non-hydrogen) atoms. The number of hydrogen-bond donors (Lipinski definition) is 2. The summed E-state index contributed by atoms with van der Waals surface area (Å²) in [7, 11) is -3.49. The van der Waals surface area contributed by atoms with E-state index >= 15 is 0 Å². The molecule has 2 aromatic rings. The van der Waals surface area contributed by atoms with E-state index in [1.54, 1.807) is 40.8 Å². The van der Waals surface area contributed by atoms with Crippen LogP contribution in [0, 0.1) is 5.92 Å². The summed E-state index contributed by atoms with van der Waals surface area (Å²) in [5.74, 6) is -0.133. The Morgan fingerprint density at radius 2 is 1.91 bits per heavy atom. The molecule has 2 aromatic heterocycles. The van der Waals surface area contributed by atoms with Gasteiger partial charge in [0.1, 0.15) is 22.9 Å². The summed E-state index contributed by atoms with van der Waals surface area (Å²) in [5, 5.41) is 0. The van der Waals surface area contributed by atoms with Crippen molar-refractivity contribution in [3.8, 4) is 0 Å². The van der Waals surface area contributed by atoms with Crippen LogP contribution in [0.4, 0.5) is 4.79 Å². The van der Waals surface area contributed by atoms with Gasteiger partial charge in [-0.05, 0) is 41.0 Å². The summed E-state index contributed by atoms with van der Waals surface area (Å²) < 4.78 is 35.3. The Labute approximate surface area is 192 Å². The van der Waals surface area contributed by atoms with Gasteiger partial charge in [-0.3, -0.25) is 14.3 Å². The van der Waals surface area contributed by atoms with Crippen molar-refractivity contribution in [3.05, 3.63) is 28.4 Å². The zero-order valence-electron chi connectivity index (χ0n) is 19.9. The molecule has 12 heteroatoms. The van der Waals surface area contributed by atoms with Gasteiger partial charge in [0.05, 0.1) is 25.6 Å². The van der Waals surface area contributed by atoms with E-state index in [1.807, 2.05) is 6.92 Å². The molecule has 3 atom stereocenters. The summed E-state index contributed by atoms with van der Waals surface area (Å²) in [6, 6.07) is -0.471. The van der Waals surface area contributed by atoms with Crippen molar-refractivity contribution in [2.75, 3.05) is 19.6 Å². The number of nitrogens with one attached hydrogen (secondary N) is 2. The minimum Gasteiger partial charge on any atom is -0.444 e. The van der Waals surface area contributed by atoms with Gasteiger partial charge in [-0.2, -0.15) is 0 Å². The van der Waals surface area contributed by atoms with E-state index in [-0.39, 0.29) is 31.0 Å². The molecule has 11 nitrogen and oxygen atoms in total. The van der Waals surface area contributed by atoms with E-state index < -0.39 is 31.6 Å². The average Bonchev–Trinajstić information content (AvgIpc) is 3.27. The van der Waals surface area contributed by atoms with Gasteiger partial charge in [0.2, 0.25) is 0 Å². The van der Waals surface area contributed by atoms with Gasteiger partial charge in [-0.15, -0.1) is 0 Å². The Morgan fingerprint density at radius 3 is 2.52 bits per heavy atom. The number of aromatic amines is 2. The van der Waals surface area contributed by atoms with E-state index in [4.69, 9.17) is 18.5 Å². The number of fused-ring (bicyclic) bond motifs is 1. The predicted octanol–water partition coefficient (Wildman–Crippen LogP) is 4.14. The molecule has 1 aliphatic heterocycles. The molecule has 1 amide bonds. The maximum atomic E-state index is 13.3. The van der Waals surface area contributed by atoms with Crippen LogP contribution in [0.3, 0.4) is 0 Å². The number of likely N-dealkylation sites (tertiary alicyclic amines) is 1. The SMILES string of the molecule is CCOP(=O)(CO[C@@H]1[C@@H](C)C[C@H](c2c[nH]c3c(=O)[nH]cnc23)N1C(=O)OC(C)(C)C)OCC. The maximum absolute atomic E-state index is 13.3. The van der Waals surface area contributed by atoms with Crippen molar-refractivity contribution in [2.45, 2.75) is 65.8 Å². The second-order valence-corrected chi connectivity index (χ2v) is 10.9. The lowest BCUT2D eigenvalue weighted by atomic mass is 10.0. The van der Waals surface area contributed by atoms with Crippen LogP contribution < -0.4 is 5.56 Å². The van der Waals surface area contributed by atoms with E-state index in [0.29, 0.717) is 23.0 Å². The van der Waals surface area contributed by atoms with Gasteiger partial charge in [0.25, 0.3) is 5.56 Å². The number of rotatable bonds is 8. The second-order valence-electron chi connectivity index (χ2n) is 8.95. The van der Waals surface area contributed by atoms with Crippen molar-refractivity contribution in [2.24, 2.45) is 5.92 Å². The highest BCUT2D eigenvalue weighted by Gasteiger charge is 2.47. The quantitative estimate of drug-likeness (QED) is 0.534. The zero-order valence-corrected chi connectivity index (χ0v) is 20.8. The fourth-order valence-corrected chi connectivity index (χ4v) is 5.34. The Bertz CT molecular complexity index is 1070. The topological polar surface area (TPSA) is 136 Å². The fraction of sp³-hybridized carbons (Fsp3) is 0.667. The number of aromatic nitrogens is 3. The van der Waals surface area contributed by atoms with Crippen LogP contribution in [0.2, 0.25) is 0 Å². The smallest absolute Gasteiger partial charge is 0.412 e. The van der Waals surface area contributed by atoms with Crippen molar-refractivity contribution in [1.29, 1.82) is 0 Å². The normalized spacial score (nSPS) is 21.6. The average molecular weight is 484 g/mol. The number of amides is 1. The molecule has 3 heterocycles. The zero-order chi connectivity index (χ0) is 24.4. The van der Waals surface area contributed by atoms with Crippen LogP contribution in [0.25, 0.3) is 11.0 Å². The molecular weight excluding hydrogens is 451 g/mol. The number of carbonyl (C=O) groups excluding carboxylic acids is 1. The molecule has 2 N–H and O–H groups in total. The standard InChI is InChI=1S/C21H33N4O7P/c1-7-30-33(28,31-8-2)12-29-19-13(3)9-15(25(19)20(27)32-21(4,5)6)14-10-22-17-16(14)23-11-24-18(17)26/h10-11,13,15,19,22H,7-9,12H2,1-6H3,(H,23,24,26)/t13-,15+,19+/m0/s1. The van der Waals surface area contributed by atoms with Gasteiger partial charge >= 0.3 is 13.7 Å². The molecule has 0 unspecified atom stereocenters. The highest BCUT2D eigenvalue weighted by molar-refractivity contribution is 7.53. The number of hydrogen-bond acceptors (Lipinski definition) is 8. The largest absolute Gasteiger partial charge is 0.444 e. The molecule has 1 saturated heterocycles. The maximum Gasteiger partial charge on any atom is 0.412 e. The lowest BCUT2D eigenvalue weighted by Gasteiger charge is -2.33. The minimum absolute atomic E-state index is 0.133. The summed E-state index contributed by atoms with van der Waals surface area (Å²) in [6.45, 7) is 11.1. The predicted molar refractivity (Wildman–Crippen MR) is 122 cm³/mol. The number of nitrogens with zero attached hydrogens (tertiary/aromatic N) is 2. The molecule has 3 rings (SSSR count). The lowest BCUT2D eigenvalue weighted by molar-refractivity contribution is -0.0639. The first-order valence-corrected chi connectivity index (χ1v) is 12.8. The molecule has 184 valence electrons. The van der Waals surface area contributed by atoms with Crippen LogP contribution in [0.5, 0.6) is 0 Å². The molecule has 0 bridgehead atoms. The second kappa shape index (κ2) is 9.97. The van der Waals surface area contributed by atoms with Crippen molar-refractivity contribution in [3.63, 3.8) is 0 Å². The Balaban J connectivity index is 1.96. The van der Waals surface area contributed by atoms with Crippen molar-refractivity contribution < 1.29 is 27.9 Å².